The van der Waals surface area contributed by atoms with E-state index in [0.29, 0.717) is 29.0 Å². The molecule has 5 heteroatoms. The SMILES string of the molecule is CCN(CC)C(=O)n1c(S(C)(C)C)c(F)c2ccccc21. The van der Waals surface area contributed by atoms with E-state index in [1.54, 1.807) is 21.6 Å². The van der Waals surface area contributed by atoms with Gasteiger partial charge in [0.2, 0.25) is 0 Å². The van der Waals surface area contributed by atoms with Crippen LogP contribution >= 0.6 is 10.0 Å². The Hall–Kier alpha value is -1.49. The molecule has 1 heterocycles. The molecular formula is C16H23FN2OS. The summed E-state index contributed by atoms with van der Waals surface area (Å²) < 4.78 is 16.4. The standard InChI is InChI=1S/C16H23FN2OS/c1-6-18(7-2)16(20)19-13-11-9-8-10-12(13)14(17)15(19)21(3,4)5/h8-11H,6-7H2,1-5H3. The minimum absolute atomic E-state index is 0.141. The van der Waals surface area contributed by atoms with Crippen molar-refractivity contribution >= 4 is 27.0 Å². The summed E-state index contributed by atoms with van der Waals surface area (Å²) in [5.74, 6) is -0.256. The van der Waals surface area contributed by atoms with Gasteiger partial charge in [-0.3, -0.25) is 4.57 Å². The number of halogens is 1. The van der Waals surface area contributed by atoms with Gasteiger partial charge in [0.05, 0.1) is 5.52 Å². The second-order valence-corrected chi connectivity index (χ2v) is 9.82. The number of fused-ring (bicyclic) bond motifs is 1. The molecule has 3 nitrogen and oxygen atoms in total. The number of aromatic nitrogens is 1. The minimum Gasteiger partial charge on any atom is -0.325 e. The van der Waals surface area contributed by atoms with E-state index >= 15 is 0 Å². The van der Waals surface area contributed by atoms with E-state index in [4.69, 9.17) is 0 Å². The normalized spacial score (nSPS) is 12.7. The number of hydrogen-bond donors (Lipinski definition) is 0. The van der Waals surface area contributed by atoms with Gasteiger partial charge in [-0.05, 0) is 44.7 Å². The molecule has 0 saturated heterocycles. The molecule has 0 radical (unpaired) electrons. The van der Waals surface area contributed by atoms with Gasteiger partial charge in [0, 0.05) is 18.5 Å². The second-order valence-electron chi connectivity index (χ2n) is 5.76. The Morgan fingerprint density at radius 2 is 1.76 bits per heavy atom. The van der Waals surface area contributed by atoms with Gasteiger partial charge in [0.1, 0.15) is 5.03 Å². The fraction of sp³-hybridized carbons (Fsp3) is 0.438. The molecule has 0 aliphatic carbocycles. The molecule has 0 aliphatic heterocycles. The molecule has 1 aromatic heterocycles. The summed E-state index contributed by atoms with van der Waals surface area (Å²) in [5, 5.41) is 1.05. The fourth-order valence-corrected chi connectivity index (χ4v) is 3.92. The summed E-state index contributed by atoms with van der Waals surface area (Å²) in [6.45, 7) is 5.10. The first kappa shape index (κ1) is 15.9. The highest BCUT2D eigenvalue weighted by Gasteiger charge is 2.28. The summed E-state index contributed by atoms with van der Waals surface area (Å²) in [5.41, 5.74) is 0.657. The maximum absolute atomic E-state index is 14.8. The fourth-order valence-electron chi connectivity index (χ4n) is 2.55. The molecule has 1 amide bonds. The van der Waals surface area contributed by atoms with Crippen LogP contribution in [0.2, 0.25) is 0 Å². The largest absolute Gasteiger partial charge is 0.329 e. The summed E-state index contributed by atoms with van der Waals surface area (Å²) >= 11 is 0. The van der Waals surface area contributed by atoms with E-state index in [9.17, 15) is 9.18 Å². The van der Waals surface area contributed by atoms with E-state index in [1.165, 1.54) is 0 Å². The van der Waals surface area contributed by atoms with E-state index in [2.05, 4.69) is 0 Å². The highest BCUT2D eigenvalue weighted by molar-refractivity contribution is 8.32. The zero-order chi connectivity index (χ0) is 15.8. The molecule has 1 aromatic carbocycles. The molecule has 0 aliphatic rings. The van der Waals surface area contributed by atoms with E-state index < -0.39 is 10.0 Å². The lowest BCUT2D eigenvalue weighted by Gasteiger charge is -2.29. The predicted octanol–water partition coefficient (Wildman–Crippen LogP) is 4.14. The molecule has 0 fully saturated rings. The molecule has 0 N–H and O–H groups in total. The average molecular weight is 310 g/mol. The van der Waals surface area contributed by atoms with Gasteiger partial charge in [-0.1, -0.05) is 12.1 Å². The number of carbonyl (C=O) groups is 1. The van der Waals surface area contributed by atoms with Crippen LogP contribution in [-0.4, -0.2) is 47.4 Å². The van der Waals surface area contributed by atoms with Gasteiger partial charge in [0.25, 0.3) is 0 Å². The maximum Gasteiger partial charge on any atom is 0.329 e. The van der Waals surface area contributed by atoms with Gasteiger partial charge in [-0.15, -0.1) is 0 Å². The number of para-hydroxylation sites is 1. The van der Waals surface area contributed by atoms with Crippen molar-refractivity contribution in [3.05, 3.63) is 30.1 Å². The Balaban J connectivity index is 2.79. The Kier molecular flexibility index (Phi) is 4.33. The summed E-state index contributed by atoms with van der Waals surface area (Å²) in [6.07, 6.45) is 6.03. The van der Waals surface area contributed by atoms with Crippen molar-refractivity contribution < 1.29 is 9.18 Å². The van der Waals surface area contributed by atoms with E-state index in [-0.39, 0.29) is 11.8 Å². The zero-order valence-corrected chi connectivity index (χ0v) is 14.1. The van der Waals surface area contributed by atoms with Crippen LogP contribution in [0, 0.1) is 5.82 Å². The van der Waals surface area contributed by atoms with Gasteiger partial charge in [-0.2, -0.15) is 0 Å². The maximum atomic E-state index is 14.8. The van der Waals surface area contributed by atoms with Gasteiger partial charge in [0.15, 0.2) is 5.82 Å². The molecule has 0 bridgehead atoms. The van der Waals surface area contributed by atoms with Crippen molar-refractivity contribution in [2.24, 2.45) is 0 Å². The van der Waals surface area contributed by atoms with Crippen LogP contribution in [0.25, 0.3) is 10.9 Å². The molecule has 0 unspecified atom stereocenters. The molecular weight excluding hydrogens is 287 g/mol. The highest BCUT2D eigenvalue weighted by Crippen LogP contribution is 2.49. The van der Waals surface area contributed by atoms with Crippen molar-refractivity contribution in [1.29, 1.82) is 0 Å². The molecule has 0 spiro atoms. The number of amides is 1. The topological polar surface area (TPSA) is 25.2 Å². The van der Waals surface area contributed by atoms with Crippen LogP contribution in [0.4, 0.5) is 9.18 Å². The lowest BCUT2D eigenvalue weighted by Crippen LogP contribution is -2.35. The summed E-state index contributed by atoms with van der Waals surface area (Å²) in [7, 11) is -1.38. The van der Waals surface area contributed by atoms with Gasteiger partial charge >= 0.3 is 6.03 Å². The van der Waals surface area contributed by atoms with Crippen molar-refractivity contribution in [3.63, 3.8) is 0 Å². The van der Waals surface area contributed by atoms with Crippen LogP contribution < -0.4 is 0 Å². The van der Waals surface area contributed by atoms with Crippen molar-refractivity contribution in [2.45, 2.75) is 18.9 Å². The second kappa shape index (κ2) is 5.72. The lowest BCUT2D eigenvalue weighted by molar-refractivity contribution is 0.203. The number of benzene rings is 1. The molecule has 21 heavy (non-hydrogen) atoms. The third-order valence-electron chi connectivity index (χ3n) is 3.58. The van der Waals surface area contributed by atoms with Crippen LogP contribution in [0.5, 0.6) is 0 Å². The average Bonchev–Trinajstić information content (AvgIpc) is 2.74. The summed E-state index contributed by atoms with van der Waals surface area (Å²) in [4.78, 5) is 14.6. The first-order valence-corrected chi connectivity index (χ1v) is 9.95. The monoisotopic (exact) mass is 310 g/mol. The van der Waals surface area contributed by atoms with E-state index in [1.807, 2.05) is 44.7 Å². The Bertz CT molecular complexity index is 669. The number of carbonyl (C=O) groups excluding carboxylic acids is 1. The Labute approximate surface area is 127 Å². The molecule has 0 atom stereocenters. The number of nitrogens with zero attached hydrogens (tertiary/aromatic N) is 2. The third kappa shape index (κ3) is 2.67. The predicted molar refractivity (Wildman–Crippen MR) is 89.2 cm³/mol. The van der Waals surface area contributed by atoms with Crippen molar-refractivity contribution in [2.75, 3.05) is 31.9 Å². The Morgan fingerprint density at radius 3 is 2.29 bits per heavy atom. The van der Waals surface area contributed by atoms with Crippen LogP contribution in [0.3, 0.4) is 0 Å². The Morgan fingerprint density at radius 1 is 1.19 bits per heavy atom. The van der Waals surface area contributed by atoms with Crippen LogP contribution in [0.15, 0.2) is 29.3 Å². The van der Waals surface area contributed by atoms with Gasteiger partial charge < -0.3 is 4.90 Å². The van der Waals surface area contributed by atoms with Crippen LogP contribution in [0.1, 0.15) is 13.8 Å². The molecule has 2 rings (SSSR count). The third-order valence-corrected chi connectivity index (χ3v) is 5.10. The number of rotatable bonds is 3. The first-order chi connectivity index (χ1) is 9.82. The molecule has 2 aromatic rings. The quantitative estimate of drug-likeness (QED) is 0.836. The highest BCUT2D eigenvalue weighted by atomic mass is 32.3. The molecule has 0 saturated carbocycles. The first-order valence-electron chi connectivity index (χ1n) is 7.09. The minimum atomic E-state index is -1.38. The number of hydrogen-bond acceptors (Lipinski definition) is 1. The molecule has 116 valence electrons. The van der Waals surface area contributed by atoms with Crippen molar-refractivity contribution in [3.8, 4) is 0 Å². The van der Waals surface area contributed by atoms with Crippen LogP contribution in [-0.2, 0) is 0 Å². The zero-order valence-electron chi connectivity index (χ0n) is 13.3. The lowest BCUT2D eigenvalue weighted by atomic mass is 10.2. The smallest absolute Gasteiger partial charge is 0.325 e. The van der Waals surface area contributed by atoms with E-state index in [0.717, 1.165) is 0 Å². The van der Waals surface area contributed by atoms with Gasteiger partial charge in [-0.25, -0.2) is 19.2 Å². The summed E-state index contributed by atoms with van der Waals surface area (Å²) in [6, 6.07) is 7.06. The van der Waals surface area contributed by atoms with Crippen molar-refractivity contribution in [1.82, 2.24) is 9.47 Å².